The maximum Gasteiger partial charge on any atom is 0.282 e. The zero-order valence-corrected chi connectivity index (χ0v) is 13.9. The van der Waals surface area contributed by atoms with Gasteiger partial charge in [0.15, 0.2) is 0 Å². The molecule has 1 aliphatic carbocycles. The summed E-state index contributed by atoms with van der Waals surface area (Å²) >= 11 is 0. The summed E-state index contributed by atoms with van der Waals surface area (Å²) in [6.07, 6.45) is 7.45. The van der Waals surface area contributed by atoms with E-state index in [1.54, 1.807) is 8.61 Å². The van der Waals surface area contributed by atoms with Crippen molar-refractivity contribution in [3.63, 3.8) is 0 Å². The second-order valence-electron chi connectivity index (χ2n) is 5.49. The first-order valence-electron chi connectivity index (χ1n) is 8.04. The topological polar surface area (TPSA) is 66.6 Å². The van der Waals surface area contributed by atoms with Crippen molar-refractivity contribution in [3.05, 3.63) is 0 Å². The first-order chi connectivity index (χ1) is 9.57. The molecule has 5 nitrogen and oxygen atoms in total. The quantitative estimate of drug-likeness (QED) is 0.697. The smallest absolute Gasteiger partial charge is 0.282 e. The van der Waals surface area contributed by atoms with Gasteiger partial charge in [-0.3, -0.25) is 0 Å². The molecule has 1 rings (SSSR count). The molecule has 0 amide bonds. The van der Waals surface area contributed by atoms with Crippen molar-refractivity contribution in [1.29, 1.82) is 0 Å². The fourth-order valence-electron chi connectivity index (χ4n) is 2.98. The third-order valence-corrected chi connectivity index (χ3v) is 6.39. The highest BCUT2D eigenvalue weighted by molar-refractivity contribution is 7.86. The molecule has 20 heavy (non-hydrogen) atoms. The lowest BCUT2D eigenvalue weighted by Gasteiger charge is -2.34. The normalized spacial score (nSPS) is 18.6. The van der Waals surface area contributed by atoms with Gasteiger partial charge in [0.2, 0.25) is 0 Å². The molecule has 0 aliphatic heterocycles. The third-order valence-electron chi connectivity index (χ3n) is 4.14. The van der Waals surface area contributed by atoms with Crippen molar-refractivity contribution in [2.24, 2.45) is 5.73 Å². The van der Waals surface area contributed by atoms with Crippen molar-refractivity contribution >= 4 is 10.2 Å². The molecular weight excluding hydrogens is 274 g/mol. The van der Waals surface area contributed by atoms with Gasteiger partial charge in [-0.25, -0.2) is 0 Å². The number of hydrogen-bond acceptors (Lipinski definition) is 3. The lowest BCUT2D eigenvalue weighted by molar-refractivity contribution is 0.265. The van der Waals surface area contributed by atoms with Crippen LogP contribution in [0, 0.1) is 0 Å². The first kappa shape index (κ1) is 17.9. The average Bonchev–Trinajstić information content (AvgIpc) is 2.69. The summed E-state index contributed by atoms with van der Waals surface area (Å²) in [4.78, 5) is 0. The Balaban J connectivity index is 2.91. The minimum Gasteiger partial charge on any atom is -0.330 e. The SMILES string of the molecule is CCN(CC)S(=O)(=O)N(CCCN)C1CCCCCC1. The van der Waals surface area contributed by atoms with Gasteiger partial charge in [-0.05, 0) is 25.8 Å². The molecule has 1 fully saturated rings. The molecule has 2 N–H and O–H groups in total. The highest BCUT2D eigenvalue weighted by Gasteiger charge is 2.33. The van der Waals surface area contributed by atoms with Crippen LogP contribution in [0.3, 0.4) is 0 Å². The Morgan fingerprint density at radius 2 is 1.60 bits per heavy atom. The molecule has 0 atom stereocenters. The van der Waals surface area contributed by atoms with E-state index >= 15 is 0 Å². The Morgan fingerprint density at radius 3 is 2.05 bits per heavy atom. The van der Waals surface area contributed by atoms with Crippen molar-refractivity contribution in [3.8, 4) is 0 Å². The molecule has 120 valence electrons. The number of nitrogens with two attached hydrogens (primary N) is 1. The summed E-state index contributed by atoms with van der Waals surface area (Å²) in [5.74, 6) is 0. The molecule has 0 saturated heterocycles. The Hall–Kier alpha value is -0.170. The van der Waals surface area contributed by atoms with Gasteiger partial charge in [0.05, 0.1) is 0 Å². The van der Waals surface area contributed by atoms with E-state index in [0.29, 0.717) is 26.2 Å². The Morgan fingerprint density at radius 1 is 1.05 bits per heavy atom. The molecule has 0 aromatic carbocycles. The van der Waals surface area contributed by atoms with Gasteiger partial charge < -0.3 is 5.73 Å². The summed E-state index contributed by atoms with van der Waals surface area (Å²) in [6, 6.07) is 0.162. The predicted molar refractivity (Wildman–Crippen MR) is 83.7 cm³/mol. The van der Waals surface area contributed by atoms with E-state index in [4.69, 9.17) is 5.73 Å². The second kappa shape index (κ2) is 8.97. The zero-order valence-electron chi connectivity index (χ0n) is 13.1. The van der Waals surface area contributed by atoms with Crippen molar-refractivity contribution in [1.82, 2.24) is 8.61 Å². The minimum atomic E-state index is -3.34. The van der Waals surface area contributed by atoms with Gasteiger partial charge in [-0.1, -0.05) is 39.5 Å². The molecule has 1 saturated carbocycles. The molecule has 1 aliphatic rings. The third kappa shape index (κ3) is 4.69. The van der Waals surface area contributed by atoms with Gasteiger partial charge >= 0.3 is 0 Å². The zero-order chi connectivity index (χ0) is 15.0. The molecule has 0 unspecified atom stereocenters. The fraction of sp³-hybridized carbons (Fsp3) is 1.00. The van der Waals surface area contributed by atoms with Gasteiger partial charge in [0, 0.05) is 25.7 Å². The van der Waals surface area contributed by atoms with Crippen LogP contribution in [0.25, 0.3) is 0 Å². The summed E-state index contributed by atoms with van der Waals surface area (Å²) in [6.45, 7) is 5.96. The molecular formula is C14H31N3O2S. The number of nitrogens with zero attached hydrogens (tertiary/aromatic N) is 2. The van der Waals surface area contributed by atoms with Crippen LogP contribution in [0.5, 0.6) is 0 Å². The second-order valence-corrected chi connectivity index (χ2v) is 7.37. The molecule has 0 bridgehead atoms. The molecule has 0 spiro atoms. The molecule has 0 radical (unpaired) electrons. The largest absolute Gasteiger partial charge is 0.330 e. The van der Waals surface area contributed by atoms with Crippen molar-refractivity contribution < 1.29 is 8.42 Å². The van der Waals surface area contributed by atoms with E-state index < -0.39 is 10.2 Å². The number of rotatable bonds is 8. The summed E-state index contributed by atoms with van der Waals surface area (Å²) < 4.78 is 28.9. The maximum atomic E-state index is 12.8. The Labute approximate surface area is 124 Å². The van der Waals surface area contributed by atoms with Crippen molar-refractivity contribution in [2.75, 3.05) is 26.2 Å². The Bertz CT molecular complexity index is 347. The van der Waals surface area contributed by atoms with Crippen LogP contribution < -0.4 is 5.73 Å². The summed E-state index contributed by atoms with van der Waals surface area (Å²) in [7, 11) is -3.34. The molecule has 6 heteroatoms. The summed E-state index contributed by atoms with van der Waals surface area (Å²) in [5, 5.41) is 0. The minimum absolute atomic E-state index is 0.162. The van der Waals surface area contributed by atoms with E-state index in [1.165, 1.54) is 12.8 Å². The van der Waals surface area contributed by atoms with E-state index in [1.807, 2.05) is 13.8 Å². The lowest BCUT2D eigenvalue weighted by Crippen LogP contribution is -2.49. The van der Waals surface area contributed by atoms with Gasteiger partial charge in [-0.2, -0.15) is 17.0 Å². The summed E-state index contributed by atoms with van der Waals surface area (Å²) in [5.41, 5.74) is 5.59. The van der Waals surface area contributed by atoms with Gasteiger partial charge in [-0.15, -0.1) is 0 Å². The first-order valence-corrected chi connectivity index (χ1v) is 9.44. The van der Waals surface area contributed by atoms with Crippen LogP contribution in [0.4, 0.5) is 0 Å². The maximum absolute atomic E-state index is 12.8. The lowest BCUT2D eigenvalue weighted by atomic mass is 10.1. The van der Waals surface area contributed by atoms with Crippen LogP contribution >= 0.6 is 0 Å². The predicted octanol–water partition coefficient (Wildman–Crippen LogP) is 1.95. The van der Waals surface area contributed by atoms with E-state index in [2.05, 4.69) is 0 Å². The molecule has 0 aromatic rings. The van der Waals surface area contributed by atoms with Crippen LogP contribution in [0.2, 0.25) is 0 Å². The number of hydrogen-bond donors (Lipinski definition) is 1. The molecule has 0 heterocycles. The fourth-order valence-corrected chi connectivity index (χ4v) is 4.87. The highest BCUT2D eigenvalue weighted by atomic mass is 32.2. The molecule has 0 aromatic heterocycles. The monoisotopic (exact) mass is 305 g/mol. The van der Waals surface area contributed by atoms with Gasteiger partial charge in [0.1, 0.15) is 0 Å². The van der Waals surface area contributed by atoms with Crippen LogP contribution in [0.15, 0.2) is 0 Å². The van der Waals surface area contributed by atoms with Crippen molar-refractivity contribution in [2.45, 2.75) is 64.8 Å². The Kier molecular flexibility index (Phi) is 8.02. The standard InChI is InChI=1S/C14H31N3O2S/c1-3-16(4-2)20(18,19)17(13-9-12-15)14-10-7-5-6-8-11-14/h14H,3-13,15H2,1-2H3. The average molecular weight is 305 g/mol. The van der Waals surface area contributed by atoms with E-state index in [9.17, 15) is 8.42 Å². The van der Waals surface area contributed by atoms with Crippen LogP contribution in [-0.2, 0) is 10.2 Å². The van der Waals surface area contributed by atoms with Gasteiger partial charge in [0.25, 0.3) is 10.2 Å². The van der Waals surface area contributed by atoms with Crippen LogP contribution in [-0.4, -0.2) is 49.2 Å². The van der Waals surface area contributed by atoms with E-state index in [0.717, 1.165) is 32.1 Å². The highest BCUT2D eigenvalue weighted by Crippen LogP contribution is 2.25. The van der Waals surface area contributed by atoms with Crippen LogP contribution in [0.1, 0.15) is 58.8 Å². The van der Waals surface area contributed by atoms with E-state index in [-0.39, 0.29) is 6.04 Å².